The molecule has 7 nitrogen and oxygen atoms in total. The first-order chi connectivity index (χ1) is 12.2. The number of carbonyl (C=O) groups is 1. The van der Waals surface area contributed by atoms with Crippen LogP contribution < -0.4 is 15.4 Å². The van der Waals surface area contributed by atoms with E-state index in [9.17, 15) is 4.79 Å². The fourth-order valence-corrected chi connectivity index (χ4v) is 2.32. The zero-order valence-corrected chi connectivity index (χ0v) is 13.9. The van der Waals surface area contributed by atoms with Crippen LogP contribution in [0.1, 0.15) is 17.4 Å². The van der Waals surface area contributed by atoms with Gasteiger partial charge < -0.3 is 19.9 Å². The van der Waals surface area contributed by atoms with Gasteiger partial charge in [-0.1, -0.05) is 35.5 Å². The highest BCUT2D eigenvalue weighted by atomic mass is 16.5. The van der Waals surface area contributed by atoms with Crippen LogP contribution in [0.25, 0.3) is 0 Å². The summed E-state index contributed by atoms with van der Waals surface area (Å²) >= 11 is 0. The van der Waals surface area contributed by atoms with E-state index in [-0.39, 0.29) is 5.91 Å². The summed E-state index contributed by atoms with van der Waals surface area (Å²) in [6, 6.07) is 14.0. The second kappa shape index (κ2) is 7.48. The van der Waals surface area contributed by atoms with E-state index < -0.39 is 6.04 Å². The molecule has 0 saturated heterocycles. The average molecular weight is 338 g/mol. The Hall–Kier alpha value is -3.35. The number of ether oxygens (including phenoxy) is 1. The van der Waals surface area contributed by atoms with Crippen molar-refractivity contribution >= 4 is 17.4 Å². The summed E-state index contributed by atoms with van der Waals surface area (Å²) in [6.07, 6.45) is 1.61. The second-order valence-corrected chi connectivity index (χ2v) is 5.39. The van der Waals surface area contributed by atoms with Gasteiger partial charge in [-0.3, -0.25) is 4.79 Å². The lowest BCUT2D eigenvalue weighted by atomic mass is 10.1. The first-order valence-electron chi connectivity index (χ1n) is 7.71. The van der Waals surface area contributed by atoms with Crippen molar-refractivity contribution in [1.29, 1.82) is 0 Å². The predicted octanol–water partition coefficient (Wildman–Crippen LogP) is 3.18. The Balaban J connectivity index is 1.82. The Morgan fingerprint density at radius 3 is 2.60 bits per heavy atom. The molecule has 0 saturated carbocycles. The van der Waals surface area contributed by atoms with E-state index in [0.29, 0.717) is 23.1 Å². The maximum atomic E-state index is 12.7. The summed E-state index contributed by atoms with van der Waals surface area (Å²) in [4.78, 5) is 16.9. The molecular weight excluding hydrogens is 320 g/mol. The number of aromatic nitrogens is 2. The van der Waals surface area contributed by atoms with Gasteiger partial charge in [-0.15, -0.1) is 0 Å². The summed E-state index contributed by atoms with van der Waals surface area (Å²) in [7, 11) is 1.55. The third-order valence-electron chi connectivity index (χ3n) is 3.53. The molecule has 1 amide bonds. The topological polar surface area (TPSA) is 89.3 Å². The molecule has 128 valence electrons. The highest BCUT2D eigenvalue weighted by Gasteiger charge is 2.21. The van der Waals surface area contributed by atoms with Crippen LogP contribution >= 0.6 is 0 Å². The molecule has 2 heterocycles. The number of pyridine rings is 1. The van der Waals surface area contributed by atoms with Gasteiger partial charge in [-0.25, -0.2) is 4.98 Å². The van der Waals surface area contributed by atoms with E-state index in [1.165, 1.54) is 0 Å². The minimum atomic E-state index is -0.617. The molecule has 0 radical (unpaired) electrons. The van der Waals surface area contributed by atoms with Crippen LogP contribution in [0.15, 0.2) is 59.3 Å². The van der Waals surface area contributed by atoms with E-state index in [2.05, 4.69) is 20.8 Å². The van der Waals surface area contributed by atoms with Gasteiger partial charge in [0.1, 0.15) is 11.8 Å². The molecule has 0 fully saturated rings. The molecule has 2 aromatic heterocycles. The van der Waals surface area contributed by atoms with Gasteiger partial charge in [0.25, 0.3) is 5.91 Å². The lowest BCUT2D eigenvalue weighted by Gasteiger charge is -2.19. The van der Waals surface area contributed by atoms with Crippen molar-refractivity contribution in [2.24, 2.45) is 0 Å². The molecule has 3 aromatic rings. The fraction of sp³-hybridized carbons (Fsp3) is 0.167. The average Bonchev–Trinajstić information content (AvgIpc) is 3.05. The van der Waals surface area contributed by atoms with Crippen LogP contribution in [0.3, 0.4) is 0 Å². The minimum absolute atomic E-state index is 0.254. The Bertz CT molecular complexity index is 831. The SMILES string of the molecule is COc1ccc(NC(C(=O)Nc2cc(C)on2)c2ccccc2)cn1. The number of rotatable bonds is 6. The third-order valence-corrected chi connectivity index (χ3v) is 3.53. The van der Waals surface area contributed by atoms with Gasteiger partial charge in [0.15, 0.2) is 5.82 Å². The van der Waals surface area contributed by atoms with Crippen molar-refractivity contribution in [3.05, 3.63) is 66.1 Å². The number of benzene rings is 1. The van der Waals surface area contributed by atoms with Crippen LogP contribution in [0.2, 0.25) is 0 Å². The van der Waals surface area contributed by atoms with Crippen molar-refractivity contribution in [2.75, 3.05) is 17.7 Å². The molecule has 0 aliphatic carbocycles. The molecule has 0 aliphatic rings. The van der Waals surface area contributed by atoms with Gasteiger partial charge in [-0.05, 0) is 18.6 Å². The smallest absolute Gasteiger partial charge is 0.252 e. The van der Waals surface area contributed by atoms with Gasteiger partial charge in [0, 0.05) is 12.1 Å². The minimum Gasteiger partial charge on any atom is -0.481 e. The van der Waals surface area contributed by atoms with Gasteiger partial charge in [0.05, 0.1) is 19.0 Å². The van der Waals surface area contributed by atoms with Crippen LogP contribution in [0.5, 0.6) is 5.88 Å². The maximum absolute atomic E-state index is 12.7. The molecule has 0 aliphatic heterocycles. The number of methoxy groups -OCH3 is 1. The van der Waals surface area contributed by atoms with E-state index in [1.807, 2.05) is 30.3 Å². The van der Waals surface area contributed by atoms with E-state index >= 15 is 0 Å². The zero-order chi connectivity index (χ0) is 17.6. The summed E-state index contributed by atoms with van der Waals surface area (Å²) in [5, 5.41) is 9.74. The van der Waals surface area contributed by atoms with Gasteiger partial charge >= 0.3 is 0 Å². The molecule has 7 heteroatoms. The molecule has 2 N–H and O–H groups in total. The van der Waals surface area contributed by atoms with Crippen LogP contribution in [-0.4, -0.2) is 23.2 Å². The Labute approximate surface area is 145 Å². The molecule has 1 unspecified atom stereocenters. The van der Waals surface area contributed by atoms with Crippen molar-refractivity contribution < 1.29 is 14.1 Å². The molecule has 1 aromatic carbocycles. The molecular formula is C18H18N4O3. The van der Waals surface area contributed by atoms with E-state index in [4.69, 9.17) is 9.26 Å². The van der Waals surface area contributed by atoms with Crippen LogP contribution in [-0.2, 0) is 4.79 Å². The summed E-state index contributed by atoms with van der Waals surface area (Å²) in [5.41, 5.74) is 1.51. The number of carbonyl (C=O) groups excluding carboxylic acids is 1. The number of hydrogen-bond acceptors (Lipinski definition) is 6. The van der Waals surface area contributed by atoms with Crippen LogP contribution in [0.4, 0.5) is 11.5 Å². The van der Waals surface area contributed by atoms with Crippen molar-refractivity contribution in [2.45, 2.75) is 13.0 Å². The fourth-order valence-electron chi connectivity index (χ4n) is 2.32. The normalized spacial score (nSPS) is 11.6. The second-order valence-electron chi connectivity index (χ2n) is 5.39. The quantitative estimate of drug-likeness (QED) is 0.717. The summed E-state index contributed by atoms with van der Waals surface area (Å²) in [6.45, 7) is 1.76. The van der Waals surface area contributed by atoms with E-state index in [0.717, 1.165) is 5.56 Å². The maximum Gasteiger partial charge on any atom is 0.252 e. The molecule has 3 rings (SSSR count). The number of nitrogens with zero attached hydrogens (tertiary/aromatic N) is 2. The summed E-state index contributed by atoms with van der Waals surface area (Å²) in [5.74, 6) is 1.25. The zero-order valence-electron chi connectivity index (χ0n) is 13.9. The molecule has 0 bridgehead atoms. The summed E-state index contributed by atoms with van der Waals surface area (Å²) < 4.78 is 10.0. The lowest BCUT2D eigenvalue weighted by molar-refractivity contribution is -0.117. The number of aryl methyl sites for hydroxylation is 1. The first-order valence-corrected chi connectivity index (χ1v) is 7.71. The standard InChI is InChI=1S/C18H18N4O3/c1-12-10-15(22-25-12)21-18(23)17(13-6-4-3-5-7-13)20-14-8-9-16(24-2)19-11-14/h3-11,17,20H,1-2H3,(H,21,22,23). The highest BCUT2D eigenvalue weighted by Crippen LogP contribution is 2.22. The number of amides is 1. The number of nitrogens with one attached hydrogen (secondary N) is 2. The van der Waals surface area contributed by atoms with Crippen molar-refractivity contribution in [3.63, 3.8) is 0 Å². The van der Waals surface area contributed by atoms with Crippen LogP contribution in [0, 0.1) is 6.92 Å². The largest absolute Gasteiger partial charge is 0.481 e. The number of hydrogen-bond donors (Lipinski definition) is 2. The Kier molecular flexibility index (Phi) is 4.94. The monoisotopic (exact) mass is 338 g/mol. The lowest BCUT2D eigenvalue weighted by Crippen LogP contribution is -2.27. The Morgan fingerprint density at radius 1 is 1.20 bits per heavy atom. The molecule has 0 spiro atoms. The number of anilines is 2. The van der Waals surface area contributed by atoms with Gasteiger partial charge in [0.2, 0.25) is 5.88 Å². The third kappa shape index (κ3) is 4.14. The first kappa shape index (κ1) is 16.5. The molecule has 1 atom stereocenters. The van der Waals surface area contributed by atoms with Crippen molar-refractivity contribution in [3.8, 4) is 5.88 Å². The molecule has 25 heavy (non-hydrogen) atoms. The Morgan fingerprint density at radius 2 is 2.00 bits per heavy atom. The van der Waals surface area contributed by atoms with E-state index in [1.54, 1.807) is 38.4 Å². The predicted molar refractivity (Wildman–Crippen MR) is 93.5 cm³/mol. The van der Waals surface area contributed by atoms with Gasteiger partial charge in [-0.2, -0.15) is 0 Å². The highest BCUT2D eigenvalue weighted by molar-refractivity contribution is 5.96. The van der Waals surface area contributed by atoms with Crippen molar-refractivity contribution in [1.82, 2.24) is 10.1 Å².